The van der Waals surface area contributed by atoms with Crippen LogP contribution in [-0.4, -0.2) is 35.1 Å². The van der Waals surface area contributed by atoms with Crippen molar-refractivity contribution >= 4 is 38.1 Å². The molecule has 1 amide bonds. The molecule has 1 N–H and O–H groups in total. The number of amides is 1. The van der Waals surface area contributed by atoms with Crippen molar-refractivity contribution in [3.8, 4) is 11.5 Å². The zero-order valence-electron chi connectivity index (χ0n) is 18.8. The maximum absolute atomic E-state index is 13.7. The summed E-state index contributed by atoms with van der Waals surface area (Å²) in [7, 11) is -1.18. The normalized spacial score (nSPS) is 11.1. The molecule has 0 saturated heterocycles. The maximum Gasteiger partial charge on any atom is 0.264 e. The Morgan fingerprint density at radius 1 is 0.853 bits per heavy atom. The molecule has 0 aliphatic rings. The van der Waals surface area contributed by atoms with Crippen LogP contribution in [0.25, 0.3) is 10.8 Å². The number of hydrogen-bond acceptors (Lipinski definition) is 5. The minimum absolute atomic E-state index is 0.0535. The van der Waals surface area contributed by atoms with E-state index in [0.717, 1.165) is 15.1 Å². The van der Waals surface area contributed by atoms with E-state index in [2.05, 4.69) is 5.32 Å². The molecule has 7 nitrogen and oxygen atoms in total. The lowest BCUT2D eigenvalue weighted by Crippen LogP contribution is -2.38. The van der Waals surface area contributed by atoms with Crippen LogP contribution >= 0.6 is 0 Å². The summed E-state index contributed by atoms with van der Waals surface area (Å²) < 4.78 is 39.0. The molecule has 34 heavy (non-hydrogen) atoms. The number of carbonyl (C=O) groups is 1. The highest BCUT2D eigenvalue weighted by Gasteiger charge is 2.30. The molecule has 174 valence electrons. The van der Waals surface area contributed by atoms with Crippen LogP contribution in [0.3, 0.4) is 0 Å². The molecule has 4 aromatic rings. The molecule has 0 saturated carbocycles. The van der Waals surface area contributed by atoms with Crippen molar-refractivity contribution in [3.63, 3.8) is 0 Å². The van der Waals surface area contributed by atoms with Gasteiger partial charge in [-0.3, -0.25) is 9.10 Å². The zero-order chi connectivity index (χ0) is 24.1. The minimum atomic E-state index is -4.10. The van der Waals surface area contributed by atoms with Gasteiger partial charge in [-0.15, -0.1) is 0 Å². The van der Waals surface area contributed by atoms with Gasteiger partial charge in [0.2, 0.25) is 5.91 Å². The molecular weight excluding hydrogens is 452 g/mol. The van der Waals surface area contributed by atoms with Crippen molar-refractivity contribution < 1.29 is 22.7 Å². The third-order valence-corrected chi connectivity index (χ3v) is 7.11. The molecule has 0 atom stereocenters. The van der Waals surface area contributed by atoms with Gasteiger partial charge in [0.05, 0.1) is 24.8 Å². The first-order chi connectivity index (χ1) is 16.4. The van der Waals surface area contributed by atoms with Crippen LogP contribution in [-0.2, 0) is 14.8 Å². The number of methoxy groups -OCH3 is 2. The van der Waals surface area contributed by atoms with Crippen LogP contribution in [0, 0.1) is 0 Å². The van der Waals surface area contributed by atoms with E-state index in [1.807, 2.05) is 36.4 Å². The van der Waals surface area contributed by atoms with Gasteiger partial charge in [-0.05, 0) is 35.7 Å². The van der Waals surface area contributed by atoms with Gasteiger partial charge < -0.3 is 14.8 Å². The van der Waals surface area contributed by atoms with Crippen molar-refractivity contribution in [3.05, 3.63) is 91.0 Å². The van der Waals surface area contributed by atoms with Gasteiger partial charge in [0, 0.05) is 17.1 Å². The number of hydrogen-bond donors (Lipinski definition) is 1. The van der Waals surface area contributed by atoms with Crippen molar-refractivity contribution in [2.45, 2.75) is 4.90 Å². The monoisotopic (exact) mass is 476 g/mol. The summed E-state index contributed by atoms with van der Waals surface area (Å²) in [5, 5.41) is 4.68. The van der Waals surface area contributed by atoms with Crippen LogP contribution < -0.4 is 19.1 Å². The van der Waals surface area contributed by atoms with Crippen LogP contribution in [0.2, 0.25) is 0 Å². The lowest BCUT2D eigenvalue weighted by Gasteiger charge is -2.26. The molecule has 4 rings (SSSR count). The fraction of sp³-hybridized carbons (Fsp3) is 0.115. The highest BCUT2D eigenvalue weighted by molar-refractivity contribution is 7.92. The summed E-state index contributed by atoms with van der Waals surface area (Å²) in [6.45, 7) is -0.468. The topological polar surface area (TPSA) is 84.9 Å². The third-order valence-electron chi connectivity index (χ3n) is 5.34. The molecule has 0 unspecified atom stereocenters. The van der Waals surface area contributed by atoms with Crippen LogP contribution in [0.5, 0.6) is 11.5 Å². The number of sulfonamides is 1. The molecule has 0 fully saturated rings. The number of carbonyl (C=O) groups excluding carboxylic acids is 1. The van der Waals surface area contributed by atoms with E-state index in [0.29, 0.717) is 17.2 Å². The summed E-state index contributed by atoms with van der Waals surface area (Å²) in [6.07, 6.45) is 0. The molecule has 0 heterocycles. The number of ether oxygens (including phenoxy) is 2. The largest absolute Gasteiger partial charge is 0.497 e. The Labute approximate surface area is 198 Å². The fourth-order valence-corrected chi connectivity index (χ4v) is 5.11. The predicted octanol–water partition coefficient (Wildman–Crippen LogP) is 4.69. The SMILES string of the molecule is COc1ccc(OC)c(N(CC(=O)Nc2cccc3ccccc23)S(=O)(=O)c2ccccc2)c1. The van der Waals surface area contributed by atoms with Gasteiger partial charge in [-0.25, -0.2) is 8.42 Å². The van der Waals surface area contributed by atoms with Crippen LogP contribution in [0.1, 0.15) is 0 Å². The fourth-order valence-electron chi connectivity index (χ4n) is 3.67. The molecule has 0 radical (unpaired) electrons. The van der Waals surface area contributed by atoms with Crippen molar-refractivity contribution in [2.75, 3.05) is 30.4 Å². The molecular formula is C26H24N2O5S. The highest BCUT2D eigenvalue weighted by Crippen LogP contribution is 2.35. The van der Waals surface area contributed by atoms with Gasteiger partial charge in [0.25, 0.3) is 10.0 Å². The van der Waals surface area contributed by atoms with Crippen molar-refractivity contribution in [1.29, 1.82) is 0 Å². The lowest BCUT2D eigenvalue weighted by atomic mass is 10.1. The van der Waals surface area contributed by atoms with E-state index in [1.54, 1.807) is 36.4 Å². The number of benzene rings is 4. The third kappa shape index (κ3) is 4.67. The Kier molecular flexibility index (Phi) is 6.70. The smallest absolute Gasteiger partial charge is 0.264 e. The average Bonchev–Trinajstić information content (AvgIpc) is 2.87. The van der Waals surface area contributed by atoms with Gasteiger partial charge in [-0.2, -0.15) is 0 Å². The maximum atomic E-state index is 13.7. The summed E-state index contributed by atoms with van der Waals surface area (Å²) in [5.41, 5.74) is 0.788. The second kappa shape index (κ2) is 9.84. The van der Waals surface area contributed by atoms with E-state index in [-0.39, 0.29) is 10.6 Å². The second-order valence-corrected chi connectivity index (χ2v) is 9.30. The first kappa shape index (κ1) is 23.1. The van der Waals surface area contributed by atoms with Gasteiger partial charge in [-0.1, -0.05) is 54.6 Å². The first-order valence-corrected chi connectivity index (χ1v) is 12.0. The summed E-state index contributed by atoms with van der Waals surface area (Å²) >= 11 is 0. The van der Waals surface area contributed by atoms with Gasteiger partial charge >= 0.3 is 0 Å². The Morgan fingerprint density at radius 3 is 2.29 bits per heavy atom. The number of nitrogens with one attached hydrogen (secondary N) is 1. The van der Waals surface area contributed by atoms with E-state index in [9.17, 15) is 13.2 Å². The molecule has 0 spiro atoms. The van der Waals surface area contributed by atoms with Crippen molar-refractivity contribution in [1.82, 2.24) is 0 Å². The summed E-state index contributed by atoms with van der Waals surface area (Å²) in [5.74, 6) is 0.220. The Bertz CT molecular complexity index is 1420. The standard InChI is InChI=1S/C26H24N2O5S/c1-32-20-15-16-25(33-2)24(17-20)28(34(30,31)21-11-4-3-5-12-21)18-26(29)27-23-14-8-10-19-9-6-7-13-22(19)23/h3-17H,18H2,1-2H3,(H,27,29). The first-order valence-electron chi connectivity index (χ1n) is 10.5. The zero-order valence-corrected chi connectivity index (χ0v) is 19.6. The minimum Gasteiger partial charge on any atom is -0.497 e. The molecule has 0 aromatic heterocycles. The molecule has 0 aliphatic carbocycles. The molecule has 8 heteroatoms. The van der Waals surface area contributed by atoms with E-state index >= 15 is 0 Å². The Hall–Kier alpha value is -4.04. The van der Waals surface area contributed by atoms with Gasteiger partial charge in [0.1, 0.15) is 18.0 Å². The lowest BCUT2D eigenvalue weighted by molar-refractivity contribution is -0.114. The average molecular weight is 477 g/mol. The number of rotatable bonds is 8. The van der Waals surface area contributed by atoms with E-state index in [1.165, 1.54) is 32.4 Å². The number of fused-ring (bicyclic) bond motifs is 1. The van der Waals surface area contributed by atoms with Crippen LogP contribution in [0.4, 0.5) is 11.4 Å². The summed E-state index contributed by atoms with van der Waals surface area (Å²) in [6, 6.07) is 25.9. The number of anilines is 2. The molecule has 4 aromatic carbocycles. The summed E-state index contributed by atoms with van der Waals surface area (Å²) in [4.78, 5) is 13.2. The van der Waals surface area contributed by atoms with Crippen LogP contribution in [0.15, 0.2) is 95.9 Å². The van der Waals surface area contributed by atoms with E-state index in [4.69, 9.17) is 9.47 Å². The number of nitrogens with zero attached hydrogens (tertiary/aromatic N) is 1. The second-order valence-electron chi connectivity index (χ2n) is 7.44. The van der Waals surface area contributed by atoms with Crippen molar-refractivity contribution in [2.24, 2.45) is 0 Å². The Balaban J connectivity index is 1.75. The quantitative estimate of drug-likeness (QED) is 0.399. The Morgan fingerprint density at radius 2 is 1.56 bits per heavy atom. The van der Waals surface area contributed by atoms with Gasteiger partial charge in [0.15, 0.2) is 0 Å². The predicted molar refractivity (Wildman–Crippen MR) is 133 cm³/mol. The molecule has 0 bridgehead atoms. The highest BCUT2D eigenvalue weighted by atomic mass is 32.2. The van der Waals surface area contributed by atoms with E-state index < -0.39 is 22.5 Å². The molecule has 0 aliphatic heterocycles.